The molecule has 4 rings (SSSR count). The summed E-state index contributed by atoms with van der Waals surface area (Å²) in [7, 11) is 6.89. The average Bonchev–Trinajstić information content (AvgIpc) is 3.17. The Bertz CT molecular complexity index is 1550. The van der Waals surface area contributed by atoms with Crippen LogP contribution in [0.25, 0.3) is 35.7 Å². The standard InChI is InChI=1S/C38H46N4O4.C2HF3O2/c1-43-25-21-41(22-26-44-2)35-15-9-31(10-16-35)5-7-33-13-19-37(39-29-33)38-20-14-34(30-40-38)8-6-32-11-17-36(18-12-32)42(23-27-45-3)24-28-46-4;3-2(4,5)1(6)7/h5-20,29-30H,21-28H2,1-4H3;(H,6,7)/b7-5+,8-6+;. The van der Waals surface area contributed by atoms with E-state index in [-0.39, 0.29) is 0 Å². The third-order valence-electron chi connectivity index (χ3n) is 7.79. The maximum Gasteiger partial charge on any atom is 0.490 e. The van der Waals surface area contributed by atoms with E-state index >= 15 is 0 Å². The van der Waals surface area contributed by atoms with Gasteiger partial charge < -0.3 is 33.9 Å². The molecule has 1 N–H and O–H groups in total. The maximum absolute atomic E-state index is 10.6. The second-order valence-corrected chi connectivity index (χ2v) is 11.6. The Kier molecular flexibility index (Phi) is 18.2. The predicted molar refractivity (Wildman–Crippen MR) is 204 cm³/mol. The number of hydrogen-bond donors (Lipinski definition) is 1. The van der Waals surface area contributed by atoms with E-state index in [0.29, 0.717) is 26.4 Å². The first-order chi connectivity index (χ1) is 25.6. The highest BCUT2D eigenvalue weighted by atomic mass is 19.4. The van der Waals surface area contributed by atoms with Crippen molar-refractivity contribution in [3.8, 4) is 11.4 Å². The van der Waals surface area contributed by atoms with Crippen LogP contribution in [0.4, 0.5) is 24.5 Å². The Morgan fingerprint density at radius 3 is 1.09 bits per heavy atom. The topological polar surface area (TPSA) is 106 Å². The number of carboxylic acids is 1. The number of ether oxygens (including phenoxy) is 4. The molecule has 0 radical (unpaired) electrons. The van der Waals surface area contributed by atoms with E-state index in [4.69, 9.17) is 28.8 Å². The summed E-state index contributed by atoms with van der Waals surface area (Å²) < 4.78 is 52.8. The molecule has 0 saturated heterocycles. The van der Waals surface area contributed by atoms with Crippen LogP contribution in [0.3, 0.4) is 0 Å². The second kappa shape index (κ2) is 22.8. The van der Waals surface area contributed by atoms with E-state index < -0.39 is 12.1 Å². The zero-order valence-corrected chi connectivity index (χ0v) is 30.5. The van der Waals surface area contributed by atoms with Crippen LogP contribution in [-0.2, 0) is 23.7 Å². The van der Waals surface area contributed by atoms with Gasteiger partial charge in [0.15, 0.2) is 0 Å². The molecule has 10 nitrogen and oxygen atoms in total. The summed E-state index contributed by atoms with van der Waals surface area (Å²) in [4.78, 5) is 22.7. The molecule has 2 aromatic heterocycles. The fourth-order valence-electron chi connectivity index (χ4n) is 4.83. The van der Waals surface area contributed by atoms with Gasteiger partial charge in [-0.25, -0.2) is 4.79 Å². The molecule has 0 spiro atoms. The van der Waals surface area contributed by atoms with E-state index in [2.05, 4.69) is 105 Å². The number of anilines is 2. The highest BCUT2D eigenvalue weighted by molar-refractivity contribution is 5.73. The SMILES string of the molecule is COCCN(CCOC)c1ccc(/C=C/c2ccc(-c3ccc(/C=C/c4ccc(N(CCOC)CCOC)cc4)cn3)nc2)cc1.O=C(O)C(F)(F)F. The van der Waals surface area contributed by atoms with Crippen LogP contribution in [-0.4, -0.2) is 108 Å². The Balaban J connectivity index is 0.000000980. The van der Waals surface area contributed by atoms with Gasteiger partial charge in [-0.05, 0) is 58.7 Å². The molecule has 0 fully saturated rings. The van der Waals surface area contributed by atoms with Gasteiger partial charge in [0.1, 0.15) is 0 Å². The fourth-order valence-corrected chi connectivity index (χ4v) is 4.83. The number of hydrogen-bond acceptors (Lipinski definition) is 9. The zero-order valence-electron chi connectivity index (χ0n) is 30.5. The molecule has 2 aromatic carbocycles. The lowest BCUT2D eigenvalue weighted by Crippen LogP contribution is -2.30. The summed E-state index contributed by atoms with van der Waals surface area (Å²) in [6.07, 6.45) is 7.01. The number of carboxylic acid groups (broad SMARTS) is 1. The second-order valence-electron chi connectivity index (χ2n) is 11.6. The predicted octanol–water partition coefficient (Wildman–Crippen LogP) is 7.32. The van der Waals surface area contributed by atoms with Gasteiger partial charge in [-0.1, -0.05) is 60.7 Å². The minimum absolute atomic E-state index is 0.673. The van der Waals surface area contributed by atoms with Crippen LogP contribution in [0.15, 0.2) is 85.2 Å². The highest BCUT2D eigenvalue weighted by Crippen LogP contribution is 2.20. The lowest BCUT2D eigenvalue weighted by Gasteiger charge is -2.24. The van der Waals surface area contributed by atoms with Crippen molar-refractivity contribution in [1.29, 1.82) is 0 Å². The summed E-state index contributed by atoms with van der Waals surface area (Å²) in [5, 5.41) is 7.12. The molecule has 0 aliphatic rings. The van der Waals surface area contributed by atoms with E-state index in [0.717, 1.165) is 71.2 Å². The first-order valence-corrected chi connectivity index (χ1v) is 16.8. The minimum Gasteiger partial charge on any atom is -0.475 e. The molecule has 0 amide bonds. The van der Waals surface area contributed by atoms with E-state index in [1.807, 2.05) is 24.5 Å². The van der Waals surface area contributed by atoms with Gasteiger partial charge in [-0.15, -0.1) is 0 Å². The molecule has 284 valence electrons. The van der Waals surface area contributed by atoms with Gasteiger partial charge in [0, 0.05) is 78.4 Å². The fraction of sp³-hybridized carbons (Fsp3) is 0.325. The number of alkyl halides is 3. The van der Waals surface area contributed by atoms with Crippen LogP contribution in [0.5, 0.6) is 0 Å². The first-order valence-electron chi connectivity index (χ1n) is 16.8. The van der Waals surface area contributed by atoms with Crippen molar-refractivity contribution >= 4 is 41.6 Å². The van der Waals surface area contributed by atoms with Crippen LogP contribution in [0, 0.1) is 0 Å². The number of halogens is 3. The van der Waals surface area contributed by atoms with Crippen LogP contribution < -0.4 is 9.80 Å². The van der Waals surface area contributed by atoms with Gasteiger partial charge in [0.25, 0.3) is 0 Å². The van der Waals surface area contributed by atoms with Gasteiger partial charge in [0.05, 0.1) is 37.8 Å². The van der Waals surface area contributed by atoms with E-state index in [1.54, 1.807) is 28.4 Å². The maximum atomic E-state index is 10.6. The summed E-state index contributed by atoms with van der Waals surface area (Å²) in [5.74, 6) is -2.76. The number of methoxy groups -OCH3 is 4. The van der Waals surface area contributed by atoms with Crippen molar-refractivity contribution < 1.29 is 42.0 Å². The smallest absolute Gasteiger partial charge is 0.475 e. The normalized spacial score (nSPS) is 11.5. The summed E-state index contributed by atoms with van der Waals surface area (Å²) >= 11 is 0. The van der Waals surface area contributed by atoms with E-state index in [9.17, 15) is 13.2 Å². The Hall–Kier alpha value is -5.08. The average molecular weight is 737 g/mol. The van der Waals surface area contributed by atoms with Crippen molar-refractivity contribution in [3.05, 3.63) is 107 Å². The van der Waals surface area contributed by atoms with Crippen molar-refractivity contribution in [1.82, 2.24) is 9.97 Å². The van der Waals surface area contributed by atoms with Gasteiger partial charge in [0.2, 0.25) is 0 Å². The van der Waals surface area contributed by atoms with Crippen molar-refractivity contribution in [2.24, 2.45) is 0 Å². The summed E-state index contributed by atoms with van der Waals surface area (Å²) in [5.41, 5.74) is 8.29. The molecular weight excluding hydrogens is 689 g/mol. The summed E-state index contributed by atoms with van der Waals surface area (Å²) in [6.45, 7) is 5.98. The Morgan fingerprint density at radius 1 is 0.566 bits per heavy atom. The summed E-state index contributed by atoms with van der Waals surface area (Å²) in [6, 6.07) is 25.2. The Labute approximate surface area is 309 Å². The quantitative estimate of drug-likeness (QED) is 0.105. The molecule has 53 heavy (non-hydrogen) atoms. The molecule has 0 saturated carbocycles. The molecule has 13 heteroatoms. The minimum atomic E-state index is -5.08. The number of pyridine rings is 2. The van der Waals surface area contributed by atoms with Crippen molar-refractivity contribution in [3.63, 3.8) is 0 Å². The molecule has 0 atom stereocenters. The highest BCUT2D eigenvalue weighted by Gasteiger charge is 2.38. The third-order valence-corrected chi connectivity index (χ3v) is 7.79. The number of aliphatic carboxylic acids is 1. The lowest BCUT2D eigenvalue weighted by molar-refractivity contribution is -0.192. The van der Waals surface area contributed by atoms with Gasteiger partial charge in [-0.3, -0.25) is 9.97 Å². The first kappa shape index (κ1) is 42.3. The molecule has 0 aliphatic carbocycles. The van der Waals surface area contributed by atoms with Crippen molar-refractivity contribution in [2.75, 3.05) is 90.8 Å². The molecule has 0 bridgehead atoms. The molecular formula is C40H47F3N4O6. The molecule has 0 unspecified atom stereocenters. The number of rotatable bonds is 19. The van der Waals surface area contributed by atoms with Gasteiger partial charge >= 0.3 is 12.1 Å². The monoisotopic (exact) mass is 736 g/mol. The molecule has 4 aromatic rings. The van der Waals surface area contributed by atoms with Crippen LogP contribution in [0.2, 0.25) is 0 Å². The number of carbonyl (C=O) groups is 1. The van der Waals surface area contributed by atoms with Gasteiger partial charge in [-0.2, -0.15) is 13.2 Å². The Morgan fingerprint density at radius 2 is 0.849 bits per heavy atom. The largest absolute Gasteiger partial charge is 0.490 e. The van der Waals surface area contributed by atoms with Crippen molar-refractivity contribution in [2.45, 2.75) is 6.18 Å². The van der Waals surface area contributed by atoms with Crippen LogP contribution in [0.1, 0.15) is 22.3 Å². The zero-order chi connectivity index (χ0) is 38.5. The number of benzene rings is 2. The lowest BCUT2D eigenvalue weighted by atomic mass is 10.1. The third kappa shape index (κ3) is 15.2. The number of aromatic nitrogens is 2. The number of nitrogens with zero attached hydrogens (tertiary/aromatic N) is 4. The van der Waals surface area contributed by atoms with Crippen LogP contribution >= 0.6 is 0 Å². The molecule has 2 heterocycles. The van der Waals surface area contributed by atoms with E-state index in [1.165, 1.54) is 0 Å². The molecule has 0 aliphatic heterocycles.